The van der Waals surface area contributed by atoms with Crippen molar-refractivity contribution in [3.05, 3.63) is 22.7 Å². The molecule has 10 heavy (non-hydrogen) atoms. The van der Waals surface area contributed by atoms with Gasteiger partial charge in [-0.25, -0.2) is 9.97 Å². The zero-order chi connectivity index (χ0) is 7.56. The van der Waals surface area contributed by atoms with E-state index < -0.39 is 0 Å². The van der Waals surface area contributed by atoms with Crippen LogP contribution in [0.5, 0.6) is 0 Å². The van der Waals surface area contributed by atoms with Crippen LogP contribution in [-0.4, -0.2) is 9.97 Å². The molecule has 0 aliphatic rings. The van der Waals surface area contributed by atoms with Gasteiger partial charge in [-0.2, -0.15) is 5.26 Å². The van der Waals surface area contributed by atoms with Gasteiger partial charge in [-0.15, -0.1) is 0 Å². The lowest BCUT2D eigenvalue weighted by molar-refractivity contribution is 1.09. The van der Waals surface area contributed by atoms with E-state index in [9.17, 15) is 0 Å². The van der Waals surface area contributed by atoms with Gasteiger partial charge in [0.1, 0.15) is 6.07 Å². The number of aromatic nitrogens is 2. The highest BCUT2D eigenvalue weighted by molar-refractivity contribution is 6.30. The van der Waals surface area contributed by atoms with Crippen molar-refractivity contribution in [1.82, 2.24) is 9.97 Å². The zero-order valence-electron chi connectivity index (χ0n) is 5.30. The SMILES string of the molecule is Cc1cnc(Cl)c(C#N)n1. The number of hydrogen-bond acceptors (Lipinski definition) is 3. The van der Waals surface area contributed by atoms with Gasteiger partial charge in [0.15, 0.2) is 10.8 Å². The van der Waals surface area contributed by atoms with Gasteiger partial charge >= 0.3 is 0 Å². The summed E-state index contributed by atoms with van der Waals surface area (Å²) in [5.74, 6) is 0. The lowest BCUT2D eigenvalue weighted by Crippen LogP contribution is -1.90. The normalized spacial score (nSPS) is 8.90. The zero-order valence-corrected chi connectivity index (χ0v) is 6.05. The molecule has 0 fully saturated rings. The number of nitrogens with zero attached hydrogens (tertiary/aromatic N) is 3. The molecule has 50 valence electrons. The predicted molar refractivity (Wildman–Crippen MR) is 36.5 cm³/mol. The standard InChI is InChI=1S/C6H4ClN3/c1-4-3-9-6(7)5(2-8)10-4/h3H,1H3. The topological polar surface area (TPSA) is 49.6 Å². The molecule has 0 saturated heterocycles. The van der Waals surface area contributed by atoms with Crippen molar-refractivity contribution < 1.29 is 0 Å². The van der Waals surface area contributed by atoms with E-state index in [0.717, 1.165) is 0 Å². The van der Waals surface area contributed by atoms with Crippen LogP contribution in [0, 0.1) is 18.3 Å². The highest BCUT2D eigenvalue weighted by Crippen LogP contribution is 2.07. The lowest BCUT2D eigenvalue weighted by atomic mass is 10.4. The fourth-order valence-electron chi connectivity index (χ4n) is 0.534. The molecule has 1 rings (SSSR count). The third-order valence-electron chi connectivity index (χ3n) is 0.954. The molecule has 0 amide bonds. The summed E-state index contributed by atoms with van der Waals surface area (Å²) in [7, 11) is 0. The monoisotopic (exact) mass is 153 g/mol. The maximum Gasteiger partial charge on any atom is 0.178 e. The van der Waals surface area contributed by atoms with Crippen LogP contribution in [0.1, 0.15) is 11.4 Å². The van der Waals surface area contributed by atoms with Crippen LogP contribution < -0.4 is 0 Å². The molecule has 0 N–H and O–H groups in total. The first kappa shape index (κ1) is 6.97. The molecule has 1 heterocycles. The number of rotatable bonds is 0. The average molecular weight is 154 g/mol. The Hall–Kier alpha value is -1.14. The fraction of sp³-hybridized carbons (Fsp3) is 0.167. The predicted octanol–water partition coefficient (Wildman–Crippen LogP) is 1.31. The maximum atomic E-state index is 8.41. The summed E-state index contributed by atoms with van der Waals surface area (Å²) < 4.78 is 0. The van der Waals surface area contributed by atoms with E-state index in [-0.39, 0.29) is 10.8 Å². The molecule has 0 spiro atoms. The number of aryl methyl sites for hydroxylation is 1. The molecule has 1 aromatic rings. The second-order valence-electron chi connectivity index (χ2n) is 1.76. The van der Waals surface area contributed by atoms with E-state index in [1.165, 1.54) is 6.20 Å². The first-order chi connectivity index (χ1) is 4.74. The minimum atomic E-state index is 0.160. The van der Waals surface area contributed by atoms with Gasteiger partial charge in [0, 0.05) is 6.20 Å². The summed E-state index contributed by atoms with van der Waals surface area (Å²) in [4.78, 5) is 7.57. The van der Waals surface area contributed by atoms with Crippen LogP contribution in [0.25, 0.3) is 0 Å². The van der Waals surface area contributed by atoms with Crippen molar-refractivity contribution in [3.8, 4) is 6.07 Å². The third-order valence-corrected chi connectivity index (χ3v) is 1.23. The van der Waals surface area contributed by atoms with Crippen molar-refractivity contribution in [2.45, 2.75) is 6.92 Å². The van der Waals surface area contributed by atoms with Gasteiger partial charge in [-0.3, -0.25) is 0 Å². The van der Waals surface area contributed by atoms with Crippen LogP contribution in [0.3, 0.4) is 0 Å². The quantitative estimate of drug-likeness (QED) is 0.565. The van der Waals surface area contributed by atoms with E-state index in [2.05, 4.69) is 9.97 Å². The maximum absolute atomic E-state index is 8.41. The lowest BCUT2D eigenvalue weighted by Gasteiger charge is -1.92. The Morgan fingerprint density at radius 3 is 2.90 bits per heavy atom. The fourth-order valence-corrected chi connectivity index (χ4v) is 0.667. The summed E-state index contributed by atoms with van der Waals surface area (Å²) in [5.41, 5.74) is 0.877. The molecule has 0 aromatic carbocycles. The van der Waals surface area contributed by atoms with E-state index >= 15 is 0 Å². The molecule has 0 atom stereocenters. The average Bonchev–Trinajstić information content (AvgIpc) is 1.94. The van der Waals surface area contributed by atoms with E-state index in [4.69, 9.17) is 16.9 Å². The Labute approximate surface area is 63.3 Å². The molecule has 3 nitrogen and oxygen atoms in total. The summed E-state index contributed by atoms with van der Waals surface area (Å²) >= 11 is 5.50. The molecule has 4 heteroatoms. The molecule has 0 radical (unpaired) electrons. The van der Waals surface area contributed by atoms with Gasteiger partial charge in [0.25, 0.3) is 0 Å². The van der Waals surface area contributed by atoms with Crippen molar-refractivity contribution in [3.63, 3.8) is 0 Å². The highest BCUT2D eigenvalue weighted by Gasteiger charge is 2.00. The molecular formula is C6H4ClN3. The summed E-state index contributed by atoms with van der Waals surface area (Å²) in [6.45, 7) is 1.75. The number of halogens is 1. The molecule has 0 aliphatic carbocycles. The number of nitriles is 1. The number of hydrogen-bond donors (Lipinski definition) is 0. The van der Waals surface area contributed by atoms with E-state index in [0.29, 0.717) is 5.69 Å². The van der Waals surface area contributed by atoms with Crippen LogP contribution in [0.2, 0.25) is 5.15 Å². The minimum Gasteiger partial charge on any atom is -0.240 e. The Bertz CT molecular complexity index is 290. The Balaban J connectivity index is 3.25. The molecular weight excluding hydrogens is 150 g/mol. The van der Waals surface area contributed by atoms with Crippen molar-refractivity contribution in [2.24, 2.45) is 0 Å². The van der Waals surface area contributed by atoms with Gasteiger partial charge in [0.2, 0.25) is 0 Å². The molecule has 0 saturated carbocycles. The van der Waals surface area contributed by atoms with Crippen molar-refractivity contribution >= 4 is 11.6 Å². The second kappa shape index (κ2) is 2.63. The minimum absolute atomic E-state index is 0.160. The van der Waals surface area contributed by atoms with E-state index in [1.807, 2.05) is 6.07 Å². The largest absolute Gasteiger partial charge is 0.240 e. The molecule has 0 bridgehead atoms. The Kier molecular flexibility index (Phi) is 1.83. The van der Waals surface area contributed by atoms with Crippen LogP contribution in [0.4, 0.5) is 0 Å². The van der Waals surface area contributed by atoms with Gasteiger partial charge < -0.3 is 0 Å². The second-order valence-corrected chi connectivity index (χ2v) is 2.12. The summed E-state index contributed by atoms with van der Waals surface area (Å²) in [6, 6.07) is 1.83. The van der Waals surface area contributed by atoms with Crippen LogP contribution in [-0.2, 0) is 0 Å². The van der Waals surface area contributed by atoms with Crippen LogP contribution in [0.15, 0.2) is 6.20 Å². The van der Waals surface area contributed by atoms with E-state index in [1.54, 1.807) is 6.92 Å². The molecule has 1 aromatic heterocycles. The van der Waals surface area contributed by atoms with Crippen molar-refractivity contribution in [1.29, 1.82) is 5.26 Å². The molecule has 0 unspecified atom stereocenters. The Morgan fingerprint density at radius 1 is 1.70 bits per heavy atom. The van der Waals surface area contributed by atoms with Gasteiger partial charge in [0.05, 0.1) is 5.69 Å². The molecule has 0 aliphatic heterocycles. The Morgan fingerprint density at radius 2 is 2.40 bits per heavy atom. The smallest absolute Gasteiger partial charge is 0.178 e. The summed E-state index contributed by atoms with van der Waals surface area (Å²) in [6.07, 6.45) is 1.52. The first-order valence-electron chi connectivity index (χ1n) is 2.63. The highest BCUT2D eigenvalue weighted by atomic mass is 35.5. The van der Waals surface area contributed by atoms with Gasteiger partial charge in [-0.05, 0) is 6.92 Å². The van der Waals surface area contributed by atoms with Crippen molar-refractivity contribution in [2.75, 3.05) is 0 Å². The van der Waals surface area contributed by atoms with Crippen LogP contribution >= 0.6 is 11.6 Å². The summed E-state index contributed by atoms with van der Waals surface area (Å²) in [5, 5.41) is 8.57. The first-order valence-corrected chi connectivity index (χ1v) is 3.01. The van der Waals surface area contributed by atoms with Gasteiger partial charge in [-0.1, -0.05) is 11.6 Å². The third kappa shape index (κ3) is 1.23.